The van der Waals surface area contributed by atoms with E-state index in [1.165, 1.54) is 0 Å². The summed E-state index contributed by atoms with van der Waals surface area (Å²) in [5.74, 6) is -0.162. The van der Waals surface area contributed by atoms with Crippen molar-refractivity contribution in [2.24, 2.45) is 0 Å². The number of halogens is 4. The molecule has 0 aliphatic heterocycles. The maximum atomic E-state index is 12.4. The highest BCUT2D eigenvalue weighted by Gasteiger charge is 2.32. The highest BCUT2D eigenvalue weighted by molar-refractivity contribution is 7.91. The van der Waals surface area contributed by atoms with E-state index >= 15 is 0 Å². The first-order valence-corrected chi connectivity index (χ1v) is 8.17. The highest BCUT2D eigenvalue weighted by atomic mass is 35.5. The van der Waals surface area contributed by atoms with Crippen molar-refractivity contribution in [3.8, 4) is 0 Å². The van der Waals surface area contributed by atoms with Gasteiger partial charge in [-0.2, -0.15) is 13.2 Å². The minimum absolute atomic E-state index is 0.162. The maximum absolute atomic E-state index is 12.4. The predicted octanol–water partition coefficient (Wildman–Crippen LogP) is 4.11. The fourth-order valence-electron chi connectivity index (χ4n) is 1.62. The molecule has 0 amide bonds. The molecule has 0 aliphatic rings. The van der Waals surface area contributed by atoms with E-state index in [0.29, 0.717) is 18.7 Å². The Kier molecular flexibility index (Phi) is 5.82. The second-order valence-corrected chi connectivity index (χ2v) is 6.82. The molecule has 1 aromatic heterocycles. The molecule has 0 bridgehead atoms. The van der Waals surface area contributed by atoms with E-state index in [4.69, 9.17) is 11.6 Å². The van der Waals surface area contributed by atoms with Gasteiger partial charge in [0.1, 0.15) is 0 Å². The first-order valence-electron chi connectivity index (χ1n) is 6.14. The summed E-state index contributed by atoms with van der Waals surface area (Å²) in [6, 6.07) is 0.591. The Bertz CT molecular complexity index is 558. The van der Waals surface area contributed by atoms with Gasteiger partial charge < -0.3 is 0 Å². The smallest absolute Gasteiger partial charge is 0.243 e. The van der Waals surface area contributed by atoms with Gasteiger partial charge in [0.05, 0.1) is 16.3 Å². The van der Waals surface area contributed by atoms with Crippen molar-refractivity contribution in [1.29, 1.82) is 0 Å². The van der Waals surface area contributed by atoms with Crippen LogP contribution in [0.15, 0.2) is 17.3 Å². The second-order valence-electron chi connectivity index (χ2n) is 4.39. The van der Waals surface area contributed by atoms with Crippen LogP contribution in [0.2, 0.25) is 5.02 Å². The molecular formula is C12H15ClF3NO2S. The average molecular weight is 330 g/mol. The Morgan fingerprint density at radius 3 is 2.40 bits per heavy atom. The lowest BCUT2D eigenvalue weighted by atomic mass is 10.2. The average Bonchev–Trinajstić information content (AvgIpc) is 2.33. The van der Waals surface area contributed by atoms with Crippen LogP contribution in [0.4, 0.5) is 13.2 Å². The van der Waals surface area contributed by atoms with Crippen molar-refractivity contribution in [3.63, 3.8) is 0 Å². The number of aromatic nitrogens is 1. The summed E-state index contributed by atoms with van der Waals surface area (Å²) < 4.78 is 61.2. The van der Waals surface area contributed by atoms with Crippen LogP contribution in [0, 0.1) is 0 Å². The normalized spacial score (nSPS) is 12.7. The summed E-state index contributed by atoms with van der Waals surface area (Å²) in [4.78, 5) is 3.38. The molecule has 0 saturated carbocycles. The van der Waals surface area contributed by atoms with Crippen LogP contribution in [0.25, 0.3) is 0 Å². The van der Waals surface area contributed by atoms with Gasteiger partial charge in [-0.15, -0.1) is 0 Å². The van der Waals surface area contributed by atoms with Gasteiger partial charge in [-0.05, 0) is 12.5 Å². The second kappa shape index (κ2) is 6.76. The third-order valence-corrected chi connectivity index (χ3v) is 4.84. The third-order valence-electron chi connectivity index (χ3n) is 2.70. The zero-order chi connectivity index (χ0) is 15.4. The molecule has 0 unspecified atom stereocenters. The van der Waals surface area contributed by atoms with E-state index < -0.39 is 31.6 Å². The first-order chi connectivity index (χ1) is 9.18. The first kappa shape index (κ1) is 17.2. The van der Waals surface area contributed by atoms with Gasteiger partial charge in [0.15, 0.2) is 14.9 Å². The Morgan fingerprint density at radius 1 is 1.25 bits per heavy atom. The SMILES string of the molecule is CCCCCCS(=O)(=O)c1ncc(C(F)(F)F)cc1Cl. The van der Waals surface area contributed by atoms with E-state index in [1.54, 1.807) is 0 Å². The quantitative estimate of drug-likeness (QED) is 0.738. The zero-order valence-corrected chi connectivity index (χ0v) is 12.4. The Balaban J connectivity index is 2.91. The van der Waals surface area contributed by atoms with E-state index in [-0.39, 0.29) is 5.75 Å². The van der Waals surface area contributed by atoms with Crippen LogP contribution in [-0.2, 0) is 16.0 Å². The topological polar surface area (TPSA) is 47.0 Å². The summed E-state index contributed by atoms with van der Waals surface area (Å²) in [5.41, 5.74) is -1.06. The number of alkyl halides is 3. The Morgan fingerprint density at radius 2 is 1.90 bits per heavy atom. The lowest BCUT2D eigenvalue weighted by molar-refractivity contribution is -0.137. The van der Waals surface area contributed by atoms with Crippen LogP contribution in [0.5, 0.6) is 0 Å². The molecule has 20 heavy (non-hydrogen) atoms. The lowest BCUT2D eigenvalue weighted by Crippen LogP contribution is -2.12. The van der Waals surface area contributed by atoms with Gasteiger partial charge in [-0.3, -0.25) is 0 Å². The fraction of sp³-hybridized carbons (Fsp3) is 0.583. The molecule has 0 fully saturated rings. The summed E-state index contributed by atoms with van der Waals surface area (Å²) in [5, 5.41) is -0.973. The molecule has 0 radical (unpaired) electrons. The van der Waals surface area contributed by atoms with Crippen molar-refractivity contribution >= 4 is 21.4 Å². The predicted molar refractivity (Wildman–Crippen MR) is 70.4 cm³/mol. The van der Waals surface area contributed by atoms with Crippen LogP contribution < -0.4 is 0 Å². The van der Waals surface area contributed by atoms with Gasteiger partial charge in [-0.25, -0.2) is 13.4 Å². The number of unbranched alkanes of at least 4 members (excludes halogenated alkanes) is 3. The molecule has 0 aliphatic carbocycles. The van der Waals surface area contributed by atoms with Gasteiger partial charge >= 0.3 is 6.18 Å². The van der Waals surface area contributed by atoms with Crippen molar-refractivity contribution in [3.05, 3.63) is 22.8 Å². The molecule has 3 nitrogen and oxygen atoms in total. The van der Waals surface area contributed by atoms with E-state index in [2.05, 4.69) is 4.98 Å². The Hall–Kier alpha value is -0.820. The molecule has 0 N–H and O–H groups in total. The number of hydrogen-bond donors (Lipinski definition) is 0. The number of hydrogen-bond acceptors (Lipinski definition) is 3. The van der Waals surface area contributed by atoms with Gasteiger partial charge in [0, 0.05) is 6.20 Å². The molecule has 0 atom stereocenters. The Labute approximate surface area is 121 Å². The highest BCUT2D eigenvalue weighted by Crippen LogP contribution is 2.32. The molecular weight excluding hydrogens is 315 g/mol. The third kappa shape index (κ3) is 4.63. The number of sulfone groups is 1. The number of pyridine rings is 1. The minimum atomic E-state index is -4.60. The van der Waals surface area contributed by atoms with Crippen molar-refractivity contribution in [1.82, 2.24) is 4.98 Å². The molecule has 114 valence electrons. The standard InChI is InChI=1S/C12H15ClF3NO2S/c1-2-3-4-5-6-20(18,19)11-10(13)7-9(8-17-11)12(14,15)16/h7-8H,2-6H2,1H3. The summed E-state index contributed by atoms with van der Waals surface area (Å²) in [6.07, 6.45) is -1.06. The van der Waals surface area contributed by atoms with Crippen molar-refractivity contribution in [2.45, 2.75) is 43.8 Å². The van der Waals surface area contributed by atoms with Gasteiger partial charge in [0.2, 0.25) is 0 Å². The summed E-state index contributed by atoms with van der Waals surface area (Å²) in [7, 11) is -3.74. The number of nitrogens with zero attached hydrogens (tertiary/aromatic N) is 1. The molecule has 8 heteroatoms. The van der Waals surface area contributed by atoms with Gasteiger partial charge in [0.25, 0.3) is 0 Å². The van der Waals surface area contributed by atoms with Crippen LogP contribution >= 0.6 is 11.6 Å². The zero-order valence-electron chi connectivity index (χ0n) is 10.9. The monoisotopic (exact) mass is 329 g/mol. The fourth-order valence-corrected chi connectivity index (χ4v) is 3.49. The van der Waals surface area contributed by atoms with Crippen LogP contribution in [0.3, 0.4) is 0 Å². The molecule has 1 aromatic rings. The van der Waals surface area contributed by atoms with Crippen molar-refractivity contribution in [2.75, 3.05) is 5.75 Å². The van der Waals surface area contributed by atoms with E-state index in [1.807, 2.05) is 6.92 Å². The molecule has 0 spiro atoms. The maximum Gasteiger partial charge on any atom is 0.417 e. The largest absolute Gasteiger partial charge is 0.417 e. The molecule has 0 aromatic carbocycles. The number of rotatable bonds is 6. The van der Waals surface area contributed by atoms with Crippen molar-refractivity contribution < 1.29 is 21.6 Å². The minimum Gasteiger partial charge on any atom is -0.243 e. The van der Waals surface area contributed by atoms with E-state index in [0.717, 1.165) is 19.3 Å². The lowest BCUT2D eigenvalue weighted by Gasteiger charge is -2.09. The van der Waals surface area contributed by atoms with Crippen LogP contribution in [-0.4, -0.2) is 19.2 Å². The van der Waals surface area contributed by atoms with Crippen LogP contribution in [0.1, 0.15) is 38.2 Å². The summed E-state index contributed by atoms with van der Waals surface area (Å²) >= 11 is 5.62. The summed E-state index contributed by atoms with van der Waals surface area (Å²) in [6.45, 7) is 1.99. The molecule has 0 saturated heterocycles. The van der Waals surface area contributed by atoms with E-state index in [9.17, 15) is 21.6 Å². The van der Waals surface area contributed by atoms with Gasteiger partial charge in [-0.1, -0.05) is 37.8 Å². The molecule has 1 heterocycles. The molecule has 1 rings (SSSR count).